The highest BCUT2D eigenvalue weighted by Crippen LogP contribution is 2.39. The van der Waals surface area contributed by atoms with Crippen LogP contribution in [0, 0.1) is 0 Å². The van der Waals surface area contributed by atoms with Gasteiger partial charge in [0.15, 0.2) is 0 Å². The molecule has 0 N–H and O–H groups in total. The van der Waals surface area contributed by atoms with Gasteiger partial charge < -0.3 is 13.7 Å². The zero-order valence-corrected chi connectivity index (χ0v) is 20.9. The molecule has 3 nitrogen and oxygen atoms in total. The fourth-order valence-corrected chi connectivity index (χ4v) is 4.92. The summed E-state index contributed by atoms with van der Waals surface area (Å²) in [4.78, 5) is 0. The first-order chi connectivity index (χ1) is 16.7. The summed E-state index contributed by atoms with van der Waals surface area (Å²) in [5.41, 5.74) is 7.71. The van der Waals surface area contributed by atoms with Crippen LogP contribution in [0.25, 0.3) is 44.2 Å². The number of furan rings is 1. The van der Waals surface area contributed by atoms with Crippen molar-refractivity contribution in [2.45, 2.75) is 38.9 Å². The summed E-state index contributed by atoms with van der Waals surface area (Å²) in [5, 5.41) is 2.15. The molecular weight excluding hydrogens is 430 g/mol. The van der Waals surface area contributed by atoms with Crippen molar-refractivity contribution in [3.8, 4) is 22.3 Å². The lowest BCUT2D eigenvalue weighted by Gasteiger charge is -2.32. The molecule has 1 aliphatic rings. The molecule has 2 heterocycles. The molecule has 0 saturated carbocycles. The van der Waals surface area contributed by atoms with Crippen molar-refractivity contribution in [2.75, 3.05) is 0 Å². The highest BCUT2D eigenvalue weighted by Gasteiger charge is 2.52. The molecule has 1 fully saturated rings. The van der Waals surface area contributed by atoms with Crippen LogP contribution in [-0.2, 0) is 9.31 Å². The second-order valence-corrected chi connectivity index (χ2v) is 10.5. The van der Waals surface area contributed by atoms with Crippen molar-refractivity contribution in [1.29, 1.82) is 0 Å². The molecule has 6 rings (SSSR count). The fourth-order valence-electron chi connectivity index (χ4n) is 4.92. The van der Waals surface area contributed by atoms with Gasteiger partial charge in [-0.2, -0.15) is 0 Å². The molecule has 35 heavy (non-hydrogen) atoms. The van der Waals surface area contributed by atoms with E-state index < -0.39 is 18.3 Å². The fraction of sp³-hybridized carbons (Fsp3) is 0.200. The third kappa shape index (κ3) is 3.53. The summed E-state index contributed by atoms with van der Waals surface area (Å²) in [7, 11) is 1.64. The van der Waals surface area contributed by atoms with Gasteiger partial charge in [-0.3, -0.25) is 0 Å². The molecule has 0 aliphatic carbocycles. The van der Waals surface area contributed by atoms with E-state index in [4.69, 9.17) is 13.7 Å². The maximum atomic E-state index is 6.58. The van der Waals surface area contributed by atoms with E-state index in [-0.39, 0.29) is 0 Å². The molecule has 172 valence electrons. The number of para-hydroxylation sites is 1. The molecule has 0 amide bonds. The van der Waals surface area contributed by atoms with Gasteiger partial charge in [0.1, 0.15) is 19.0 Å². The van der Waals surface area contributed by atoms with E-state index in [9.17, 15) is 0 Å². The second kappa shape index (κ2) is 7.87. The van der Waals surface area contributed by atoms with E-state index in [1.807, 2.05) is 6.07 Å². The molecule has 0 radical (unpaired) electrons. The van der Waals surface area contributed by atoms with E-state index in [1.165, 1.54) is 11.1 Å². The van der Waals surface area contributed by atoms with Gasteiger partial charge in [-0.05, 0) is 55.3 Å². The van der Waals surface area contributed by atoms with Gasteiger partial charge in [0, 0.05) is 16.3 Å². The van der Waals surface area contributed by atoms with Crippen LogP contribution in [0.2, 0.25) is 0 Å². The van der Waals surface area contributed by atoms with Crippen LogP contribution >= 0.6 is 0 Å². The molecule has 1 saturated heterocycles. The summed E-state index contributed by atoms with van der Waals surface area (Å²) in [6.45, 7) is 8.35. The monoisotopic (exact) mass is 458 g/mol. The van der Waals surface area contributed by atoms with E-state index in [0.29, 0.717) is 0 Å². The number of fused-ring (bicyclic) bond motifs is 3. The average Bonchev–Trinajstić information content (AvgIpc) is 3.34. The van der Waals surface area contributed by atoms with Gasteiger partial charge in [0.25, 0.3) is 0 Å². The zero-order chi connectivity index (χ0) is 24.4. The van der Waals surface area contributed by atoms with E-state index in [2.05, 4.69) is 114 Å². The van der Waals surface area contributed by atoms with Crippen LogP contribution in [0.15, 0.2) is 89.3 Å². The van der Waals surface area contributed by atoms with Gasteiger partial charge >= 0.3 is 7.12 Å². The molecule has 0 unspecified atom stereocenters. The van der Waals surface area contributed by atoms with Crippen LogP contribution < -0.4 is 10.9 Å². The molecular formula is C30H28B2O3. The van der Waals surface area contributed by atoms with Gasteiger partial charge in [-0.15, -0.1) is 0 Å². The largest absolute Gasteiger partial charge is 0.495 e. The van der Waals surface area contributed by atoms with Crippen LogP contribution in [0.3, 0.4) is 0 Å². The zero-order valence-electron chi connectivity index (χ0n) is 20.9. The number of hydrogen-bond donors (Lipinski definition) is 0. The highest BCUT2D eigenvalue weighted by molar-refractivity contribution is 6.66. The molecule has 0 bridgehead atoms. The van der Waals surface area contributed by atoms with Crippen molar-refractivity contribution in [2.24, 2.45) is 0 Å². The van der Waals surface area contributed by atoms with Crippen molar-refractivity contribution < 1.29 is 13.7 Å². The Labute approximate surface area is 207 Å². The molecule has 0 atom stereocenters. The summed E-state index contributed by atoms with van der Waals surface area (Å²) in [6.07, 6.45) is 0. The minimum Gasteiger partial charge on any atom is -0.456 e. The molecule has 1 aromatic heterocycles. The van der Waals surface area contributed by atoms with Crippen molar-refractivity contribution in [1.82, 2.24) is 0 Å². The van der Waals surface area contributed by atoms with Gasteiger partial charge in [-0.25, -0.2) is 0 Å². The Morgan fingerprint density at radius 1 is 0.629 bits per heavy atom. The minimum absolute atomic E-state index is 0.403. The molecule has 0 spiro atoms. The van der Waals surface area contributed by atoms with Crippen LogP contribution in [-0.4, -0.2) is 26.2 Å². The maximum Gasteiger partial charge on any atom is 0.495 e. The molecule has 5 heteroatoms. The Morgan fingerprint density at radius 3 is 1.94 bits per heavy atom. The first-order valence-corrected chi connectivity index (χ1v) is 12.2. The topological polar surface area (TPSA) is 31.6 Å². The summed E-state index contributed by atoms with van der Waals surface area (Å²) in [6, 6.07) is 29.7. The van der Waals surface area contributed by atoms with E-state index in [1.54, 1.807) is 0 Å². The highest BCUT2D eigenvalue weighted by atomic mass is 16.7. The second-order valence-electron chi connectivity index (χ2n) is 10.5. The summed E-state index contributed by atoms with van der Waals surface area (Å²) in [5.74, 6) is 0. The Morgan fingerprint density at radius 2 is 1.26 bits per heavy atom. The molecule has 1 aliphatic heterocycles. The predicted octanol–water partition coefficient (Wildman–Crippen LogP) is 5.48. The number of rotatable bonds is 3. The quantitative estimate of drug-likeness (QED) is 0.336. The van der Waals surface area contributed by atoms with Crippen molar-refractivity contribution in [3.63, 3.8) is 0 Å². The van der Waals surface area contributed by atoms with Crippen LogP contribution in [0.4, 0.5) is 0 Å². The first kappa shape index (κ1) is 22.2. The van der Waals surface area contributed by atoms with Crippen molar-refractivity contribution >= 4 is 47.8 Å². The summed E-state index contributed by atoms with van der Waals surface area (Å²) < 4.78 is 19.4. The molecule has 4 aromatic carbocycles. The Kier molecular flexibility index (Phi) is 5.00. The Balaban J connectivity index is 1.49. The van der Waals surface area contributed by atoms with Crippen LogP contribution in [0.1, 0.15) is 27.7 Å². The van der Waals surface area contributed by atoms with Gasteiger partial charge in [0.2, 0.25) is 0 Å². The third-order valence-corrected chi connectivity index (χ3v) is 7.69. The smallest absolute Gasteiger partial charge is 0.456 e. The van der Waals surface area contributed by atoms with Gasteiger partial charge in [0.05, 0.1) is 11.2 Å². The van der Waals surface area contributed by atoms with Crippen LogP contribution in [0.5, 0.6) is 0 Å². The standard InChI is InChI=1S/C30H28B2O3/c1-29(2)30(3,4)35-32(34-29)25-18-17-24(31)28-26(25)23-12-8-11-22(27(23)33-28)21-15-13-20(14-16-21)19-9-6-5-7-10-19/h5-18H,31H2,1-4H3. The Hall–Kier alpha value is -3.27. The predicted molar refractivity (Wildman–Crippen MR) is 148 cm³/mol. The van der Waals surface area contributed by atoms with E-state index in [0.717, 1.165) is 44.0 Å². The number of hydrogen-bond acceptors (Lipinski definition) is 3. The Bertz CT molecular complexity index is 1530. The normalized spacial score (nSPS) is 16.9. The maximum absolute atomic E-state index is 6.58. The molecule has 5 aromatic rings. The SMILES string of the molecule is Bc1ccc(B2OC(C)(C)C(C)(C)O2)c2c1oc1c(-c3ccc(-c4ccccc4)cc3)cccc12. The number of benzene rings is 4. The minimum atomic E-state index is -0.447. The first-order valence-electron chi connectivity index (χ1n) is 12.2. The van der Waals surface area contributed by atoms with Crippen molar-refractivity contribution in [3.05, 3.63) is 84.9 Å². The third-order valence-electron chi connectivity index (χ3n) is 7.69. The van der Waals surface area contributed by atoms with E-state index >= 15 is 0 Å². The van der Waals surface area contributed by atoms with Gasteiger partial charge in [-0.1, -0.05) is 84.9 Å². The lowest BCUT2D eigenvalue weighted by atomic mass is 9.74. The average molecular weight is 458 g/mol. The summed E-state index contributed by atoms with van der Waals surface area (Å²) >= 11 is 0. The lowest BCUT2D eigenvalue weighted by molar-refractivity contribution is 0.00578. The lowest BCUT2D eigenvalue weighted by Crippen LogP contribution is -2.41.